The molecule has 0 atom stereocenters. The summed E-state index contributed by atoms with van der Waals surface area (Å²) in [4.78, 5) is 3.62. The molecular formula is C5H9NO2. The van der Waals surface area contributed by atoms with Crippen molar-refractivity contribution in [3.63, 3.8) is 0 Å². The van der Waals surface area contributed by atoms with Crippen LogP contribution in [0.4, 0.5) is 0 Å². The van der Waals surface area contributed by atoms with Gasteiger partial charge in [0, 0.05) is 6.92 Å². The Hall–Kier alpha value is -0.410. The molecule has 8 heavy (non-hydrogen) atoms. The van der Waals surface area contributed by atoms with Crippen LogP contribution in [-0.2, 0) is 9.47 Å². The van der Waals surface area contributed by atoms with E-state index in [1.165, 1.54) is 0 Å². The van der Waals surface area contributed by atoms with Gasteiger partial charge < -0.3 is 9.47 Å². The molecule has 0 aromatic carbocycles. The monoisotopic (exact) mass is 115 g/mol. The van der Waals surface area contributed by atoms with Crippen LogP contribution in [0.15, 0.2) is 4.99 Å². The van der Waals surface area contributed by atoms with Crippen molar-refractivity contribution in [2.75, 3.05) is 13.2 Å². The summed E-state index contributed by atoms with van der Waals surface area (Å²) >= 11 is 0. The molecule has 1 heterocycles. The standard InChI is InChI=1S/C5H9NO2/c1-5(6-2)7-3-4-8-5/h2-4H2,1H3. The maximum absolute atomic E-state index is 5.04. The van der Waals surface area contributed by atoms with Crippen molar-refractivity contribution in [3.05, 3.63) is 0 Å². The Morgan fingerprint density at radius 3 is 2.25 bits per heavy atom. The minimum absolute atomic E-state index is 0.621. The molecule has 1 fully saturated rings. The van der Waals surface area contributed by atoms with Gasteiger partial charge in [0.25, 0.3) is 5.91 Å². The van der Waals surface area contributed by atoms with Crippen LogP contribution in [0.5, 0.6) is 0 Å². The van der Waals surface area contributed by atoms with E-state index in [9.17, 15) is 0 Å². The quantitative estimate of drug-likeness (QED) is 0.463. The normalized spacial score (nSPS) is 25.6. The van der Waals surface area contributed by atoms with Crippen molar-refractivity contribution in [2.24, 2.45) is 4.99 Å². The fourth-order valence-electron chi connectivity index (χ4n) is 0.595. The zero-order chi connectivity index (χ0) is 6.04. The summed E-state index contributed by atoms with van der Waals surface area (Å²) in [6.07, 6.45) is 0. The Morgan fingerprint density at radius 1 is 1.50 bits per heavy atom. The van der Waals surface area contributed by atoms with Gasteiger partial charge in [-0.2, -0.15) is 0 Å². The Kier molecular flexibility index (Phi) is 1.31. The summed E-state index contributed by atoms with van der Waals surface area (Å²) in [6.45, 7) is 6.30. The maximum Gasteiger partial charge on any atom is 0.265 e. The molecule has 0 aromatic rings. The van der Waals surface area contributed by atoms with E-state index in [0.717, 1.165) is 0 Å². The van der Waals surface area contributed by atoms with E-state index in [1.807, 2.05) is 0 Å². The average molecular weight is 115 g/mol. The van der Waals surface area contributed by atoms with Crippen molar-refractivity contribution in [3.8, 4) is 0 Å². The van der Waals surface area contributed by atoms with Gasteiger partial charge in [0.2, 0.25) is 0 Å². The molecule has 3 heteroatoms. The predicted molar refractivity (Wildman–Crippen MR) is 29.9 cm³/mol. The maximum atomic E-state index is 5.04. The highest BCUT2D eigenvalue weighted by atomic mass is 16.8. The number of aliphatic imine (C=N–C) groups is 1. The lowest BCUT2D eigenvalue weighted by Gasteiger charge is -2.14. The molecule has 46 valence electrons. The van der Waals surface area contributed by atoms with E-state index >= 15 is 0 Å². The third-order valence-electron chi connectivity index (χ3n) is 1.11. The topological polar surface area (TPSA) is 30.8 Å². The molecule has 1 saturated heterocycles. The zero-order valence-corrected chi connectivity index (χ0v) is 4.89. The molecule has 1 aliphatic heterocycles. The van der Waals surface area contributed by atoms with E-state index in [2.05, 4.69) is 11.7 Å². The second-order valence-electron chi connectivity index (χ2n) is 1.75. The van der Waals surface area contributed by atoms with E-state index in [4.69, 9.17) is 9.47 Å². The first-order valence-corrected chi connectivity index (χ1v) is 2.53. The lowest BCUT2D eigenvalue weighted by atomic mass is 10.6. The summed E-state index contributed by atoms with van der Waals surface area (Å²) in [6, 6.07) is 0. The van der Waals surface area contributed by atoms with Gasteiger partial charge in [-0.05, 0) is 6.72 Å². The van der Waals surface area contributed by atoms with E-state index in [1.54, 1.807) is 6.92 Å². The molecule has 0 radical (unpaired) electrons. The van der Waals surface area contributed by atoms with Crippen LogP contribution >= 0.6 is 0 Å². The van der Waals surface area contributed by atoms with Crippen LogP contribution in [0.2, 0.25) is 0 Å². The highest BCUT2D eigenvalue weighted by molar-refractivity contribution is 5.24. The number of hydrogen-bond acceptors (Lipinski definition) is 3. The van der Waals surface area contributed by atoms with Crippen molar-refractivity contribution >= 4 is 6.72 Å². The average Bonchev–Trinajstić information content (AvgIpc) is 2.17. The van der Waals surface area contributed by atoms with E-state index in [0.29, 0.717) is 13.2 Å². The molecule has 1 aliphatic rings. The molecule has 0 spiro atoms. The molecule has 0 saturated carbocycles. The Bertz CT molecular complexity index is 96.6. The van der Waals surface area contributed by atoms with Gasteiger partial charge in [-0.15, -0.1) is 0 Å². The van der Waals surface area contributed by atoms with Gasteiger partial charge in [-0.3, -0.25) is 0 Å². The molecule has 3 nitrogen and oxygen atoms in total. The lowest BCUT2D eigenvalue weighted by Crippen LogP contribution is -2.21. The number of nitrogens with zero attached hydrogens (tertiary/aromatic N) is 1. The summed E-state index contributed by atoms with van der Waals surface area (Å²) in [7, 11) is 0. The molecule has 0 amide bonds. The minimum atomic E-state index is -0.750. The van der Waals surface area contributed by atoms with Crippen molar-refractivity contribution < 1.29 is 9.47 Å². The number of hydrogen-bond donors (Lipinski definition) is 0. The van der Waals surface area contributed by atoms with Crippen molar-refractivity contribution in [1.29, 1.82) is 0 Å². The van der Waals surface area contributed by atoms with Gasteiger partial charge in [0.1, 0.15) is 0 Å². The van der Waals surface area contributed by atoms with Crippen LogP contribution in [0.1, 0.15) is 6.92 Å². The Labute approximate surface area is 48.3 Å². The minimum Gasteiger partial charge on any atom is -0.329 e. The fraction of sp³-hybridized carbons (Fsp3) is 0.800. The van der Waals surface area contributed by atoms with E-state index < -0.39 is 5.91 Å². The van der Waals surface area contributed by atoms with E-state index in [-0.39, 0.29) is 0 Å². The zero-order valence-electron chi connectivity index (χ0n) is 4.89. The van der Waals surface area contributed by atoms with Crippen LogP contribution in [0.3, 0.4) is 0 Å². The molecule has 0 N–H and O–H groups in total. The van der Waals surface area contributed by atoms with Crippen LogP contribution in [-0.4, -0.2) is 25.8 Å². The fourth-order valence-corrected chi connectivity index (χ4v) is 0.595. The highest BCUT2D eigenvalue weighted by Gasteiger charge is 2.28. The molecule has 0 unspecified atom stereocenters. The lowest BCUT2D eigenvalue weighted by molar-refractivity contribution is -0.133. The predicted octanol–water partition coefficient (Wildman–Crippen LogP) is 0.407. The smallest absolute Gasteiger partial charge is 0.265 e. The molecular weight excluding hydrogens is 106 g/mol. The Morgan fingerprint density at radius 2 is 2.00 bits per heavy atom. The molecule has 0 bridgehead atoms. The summed E-state index contributed by atoms with van der Waals surface area (Å²) in [5.74, 6) is -0.750. The van der Waals surface area contributed by atoms with Gasteiger partial charge in [0.05, 0.1) is 13.2 Å². The molecule has 0 aromatic heterocycles. The first kappa shape index (κ1) is 5.72. The molecule has 1 rings (SSSR count). The third kappa shape index (κ3) is 0.877. The second kappa shape index (κ2) is 1.84. The number of ether oxygens (including phenoxy) is 2. The van der Waals surface area contributed by atoms with Gasteiger partial charge in [0.15, 0.2) is 0 Å². The Balaban J connectivity index is 2.52. The first-order valence-electron chi connectivity index (χ1n) is 2.53. The van der Waals surface area contributed by atoms with Crippen LogP contribution in [0, 0.1) is 0 Å². The third-order valence-corrected chi connectivity index (χ3v) is 1.11. The second-order valence-corrected chi connectivity index (χ2v) is 1.75. The van der Waals surface area contributed by atoms with Crippen molar-refractivity contribution in [1.82, 2.24) is 0 Å². The largest absolute Gasteiger partial charge is 0.329 e. The summed E-state index contributed by atoms with van der Waals surface area (Å²) in [5.41, 5.74) is 0. The van der Waals surface area contributed by atoms with Gasteiger partial charge in [-0.1, -0.05) is 0 Å². The first-order chi connectivity index (χ1) is 3.77. The van der Waals surface area contributed by atoms with Gasteiger partial charge >= 0.3 is 0 Å². The van der Waals surface area contributed by atoms with Crippen molar-refractivity contribution in [2.45, 2.75) is 12.8 Å². The number of rotatable bonds is 1. The van der Waals surface area contributed by atoms with Crippen LogP contribution in [0.25, 0.3) is 0 Å². The van der Waals surface area contributed by atoms with Gasteiger partial charge in [-0.25, -0.2) is 4.99 Å². The van der Waals surface area contributed by atoms with Crippen LogP contribution < -0.4 is 0 Å². The summed E-state index contributed by atoms with van der Waals surface area (Å²) < 4.78 is 10.1. The highest BCUT2D eigenvalue weighted by Crippen LogP contribution is 2.17. The SMILES string of the molecule is C=NC1(C)OCCO1. The molecule has 0 aliphatic carbocycles. The summed E-state index contributed by atoms with van der Waals surface area (Å²) in [5, 5.41) is 0.